The maximum atomic E-state index is 13.8. The van der Waals surface area contributed by atoms with Crippen LogP contribution in [0.25, 0.3) is 0 Å². The molecule has 6 heteroatoms. The average Bonchev–Trinajstić information content (AvgIpc) is 2.65. The Labute approximate surface area is 154 Å². The van der Waals surface area contributed by atoms with Crippen LogP contribution in [0.2, 0.25) is 0 Å². The zero-order valence-electron chi connectivity index (χ0n) is 15.4. The molecule has 26 heavy (non-hydrogen) atoms. The lowest BCUT2D eigenvalue weighted by molar-refractivity contribution is -0.150. The number of nitrogens with zero attached hydrogens (tertiary/aromatic N) is 1. The van der Waals surface area contributed by atoms with Crippen LogP contribution < -0.4 is 4.74 Å². The zero-order chi connectivity index (χ0) is 18.9. The van der Waals surface area contributed by atoms with Crippen LogP contribution >= 0.6 is 0 Å². The summed E-state index contributed by atoms with van der Waals surface area (Å²) in [6.07, 6.45) is 3.46. The summed E-state index contributed by atoms with van der Waals surface area (Å²) < 4.78 is 30.6. The molecule has 5 nitrogen and oxygen atoms in total. The number of hydrogen-bond donors (Lipinski definition) is 0. The summed E-state index contributed by atoms with van der Waals surface area (Å²) in [5.41, 5.74) is 0.527. The standard InChI is InChI=1S/C20H26FNO4/c1-3-4-20(23)25-13-19(17-11-15(21)7-10-18(17)24-2)26-16-8-5-14(12-22)6-9-16/h7,10-11,14,16,19H,3-6,8-9,13H2,1-2H3/t14-,16+,19-/m0/s1. The minimum absolute atomic E-state index is 0.0107. The first kappa shape index (κ1) is 20.2. The van der Waals surface area contributed by atoms with E-state index in [1.807, 2.05) is 6.92 Å². The SMILES string of the molecule is CCCC(=O)OC[C@H](O[C@H]1CC[C@@H](C#N)CC1)c1cc(F)ccc1OC. The minimum Gasteiger partial charge on any atom is -0.496 e. The zero-order valence-corrected chi connectivity index (χ0v) is 15.4. The van der Waals surface area contributed by atoms with Crippen molar-refractivity contribution in [1.82, 2.24) is 0 Å². The number of hydrogen-bond acceptors (Lipinski definition) is 5. The molecule has 0 aromatic heterocycles. The second kappa shape index (κ2) is 10.1. The Balaban J connectivity index is 2.13. The van der Waals surface area contributed by atoms with Crippen LogP contribution in [0.15, 0.2) is 18.2 Å². The summed E-state index contributed by atoms with van der Waals surface area (Å²) in [7, 11) is 1.51. The summed E-state index contributed by atoms with van der Waals surface area (Å²) in [5, 5.41) is 9.03. The van der Waals surface area contributed by atoms with Gasteiger partial charge in [-0.3, -0.25) is 4.79 Å². The molecule has 0 saturated heterocycles. The number of esters is 1. The Hall–Kier alpha value is -2.13. The van der Waals surface area contributed by atoms with Gasteiger partial charge in [0.05, 0.1) is 19.3 Å². The third kappa shape index (κ3) is 5.70. The number of methoxy groups -OCH3 is 1. The fraction of sp³-hybridized carbons (Fsp3) is 0.600. The Kier molecular flexibility index (Phi) is 7.86. The van der Waals surface area contributed by atoms with Gasteiger partial charge in [-0.2, -0.15) is 5.26 Å². The van der Waals surface area contributed by atoms with Gasteiger partial charge >= 0.3 is 5.97 Å². The van der Waals surface area contributed by atoms with Crippen molar-refractivity contribution in [3.05, 3.63) is 29.6 Å². The van der Waals surface area contributed by atoms with E-state index in [4.69, 9.17) is 19.5 Å². The third-order valence-electron chi connectivity index (χ3n) is 4.60. The first-order chi connectivity index (χ1) is 12.6. The van der Waals surface area contributed by atoms with Gasteiger partial charge in [-0.15, -0.1) is 0 Å². The highest BCUT2D eigenvalue weighted by molar-refractivity contribution is 5.69. The second-order valence-electron chi connectivity index (χ2n) is 6.55. The van der Waals surface area contributed by atoms with E-state index < -0.39 is 11.9 Å². The van der Waals surface area contributed by atoms with Crippen LogP contribution in [-0.4, -0.2) is 25.8 Å². The summed E-state index contributed by atoms with van der Waals surface area (Å²) in [6, 6.07) is 6.52. The number of halogens is 1. The summed E-state index contributed by atoms with van der Waals surface area (Å²) >= 11 is 0. The van der Waals surface area contributed by atoms with Gasteiger partial charge in [-0.25, -0.2) is 4.39 Å². The highest BCUT2D eigenvalue weighted by atomic mass is 19.1. The van der Waals surface area contributed by atoms with E-state index in [2.05, 4.69) is 6.07 Å². The Morgan fingerprint density at radius 3 is 2.69 bits per heavy atom. The molecule has 1 aliphatic carbocycles. The highest BCUT2D eigenvalue weighted by Gasteiger charge is 2.27. The lowest BCUT2D eigenvalue weighted by Crippen LogP contribution is -2.26. The molecule has 1 fully saturated rings. The molecule has 1 saturated carbocycles. The summed E-state index contributed by atoms with van der Waals surface area (Å²) in [6.45, 7) is 1.91. The summed E-state index contributed by atoms with van der Waals surface area (Å²) in [5.74, 6) is -0.139. The maximum Gasteiger partial charge on any atom is 0.305 e. The van der Waals surface area contributed by atoms with Gasteiger partial charge in [-0.1, -0.05) is 6.92 Å². The molecule has 0 heterocycles. The molecule has 1 aromatic carbocycles. The molecular formula is C20H26FNO4. The average molecular weight is 363 g/mol. The van der Waals surface area contributed by atoms with Crippen LogP contribution in [0.3, 0.4) is 0 Å². The van der Waals surface area contributed by atoms with E-state index in [1.165, 1.54) is 19.2 Å². The van der Waals surface area contributed by atoms with Gasteiger partial charge in [0.2, 0.25) is 0 Å². The largest absolute Gasteiger partial charge is 0.496 e. The van der Waals surface area contributed by atoms with Crippen molar-refractivity contribution in [2.24, 2.45) is 5.92 Å². The number of benzene rings is 1. The maximum absolute atomic E-state index is 13.8. The Bertz CT molecular complexity index is 635. The fourth-order valence-corrected chi connectivity index (χ4v) is 3.16. The van der Waals surface area contributed by atoms with Crippen LogP contribution in [0.1, 0.15) is 57.1 Å². The molecule has 0 spiro atoms. The van der Waals surface area contributed by atoms with Crippen molar-refractivity contribution in [3.63, 3.8) is 0 Å². The second-order valence-corrected chi connectivity index (χ2v) is 6.55. The van der Waals surface area contributed by atoms with Crippen LogP contribution in [0, 0.1) is 23.1 Å². The summed E-state index contributed by atoms with van der Waals surface area (Å²) in [4.78, 5) is 11.8. The van der Waals surface area contributed by atoms with Crippen molar-refractivity contribution in [3.8, 4) is 11.8 Å². The van der Waals surface area contributed by atoms with Gasteiger partial charge in [0.1, 0.15) is 24.3 Å². The molecule has 0 radical (unpaired) electrons. The quantitative estimate of drug-likeness (QED) is 0.644. The molecule has 0 unspecified atom stereocenters. The fourth-order valence-electron chi connectivity index (χ4n) is 3.16. The first-order valence-electron chi connectivity index (χ1n) is 9.11. The molecule has 2 rings (SSSR count). The molecule has 142 valence electrons. The number of carbonyl (C=O) groups excluding carboxylic acids is 1. The van der Waals surface area contributed by atoms with Gasteiger partial charge in [0.25, 0.3) is 0 Å². The van der Waals surface area contributed by atoms with E-state index in [0.29, 0.717) is 24.2 Å². The lowest BCUT2D eigenvalue weighted by Gasteiger charge is -2.30. The van der Waals surface area contributed by atoms with Crippen molar-refractivity contribution in [2.75, 3.05) is 13.7 Å². The number of rotatable bonds is 8. The third-order valence-corrected chi connectivity index (χ3v) is 4.60. The molecule has 0 amide bonds. The van der Waals surface area contributed by atoms with E-state index in [-0.39, 0.29) is 24.6 Å². The number of nitriles is 1. The van der Waals surface area contributed by atoms with Crippen molar-refractivity contribution >= 4 is 5.97 Å². The Morgan fingerprint density at radius 1 is 1.35 bits per heavy atom. The van der Waals surface area contributed by atoms with E-state index in [1.54, 1.807) is 6.07 Å². The van der Waals surface area contributed by atoms with Crippen molar-refractivity contribution in [1.29, 1.82) is 5.26 Å². The van der Waals surface area contributed by atoms with E-state index in [0.717, 1.165) is 25.7 Å². The predicted octanol–water partition coefficient (Wildman–Crippen LogP) is 4.32. The van der Waals surface area contributed by atoms with Gasteiger partial charge < -0.3 is 14.2 Å². The van der Waals surface area contributed by atoms with E-state index >= 15 is 0 Å². The molecule has 0 N–H and O–H groups in total. The van der Waals surface area contributed by atoms with Crippen molar-refractivity contribution < 1.29 is 23.4 Å². The van der Waals surface area contributed by atoms with Crippen LogP contribution in [-0.2, 0) is 14.3 Å². The first-order valence-corrected chi connectivity index (χ1v) is 9.11. The number of carbonyl (C=O) groups is 1. The molecule has 0 aliphatic heterocycles. The molecular weight excluding hydrogens is 337 g/mol. The Morgan fingerprint density at radius 2 is 2.08 bits per heavy atom. The normalized spacial score (nSPS) is 20.8. The van der Waals surface area contributed by atoms with Crippen LogP contribution in [0.5, 0.6) is 5.75 Å². The van der Waals surface area contributed by atoms with Gasteiger partial charge in [0.15, 0.2) is 0 Å². The van der Waals surface area contributed by atoms with Crippen LogP contribution in [0.4, 0.5) is 4.39 Å². The van der Waals surface area contributed by atoms with Gasteiger partial charge in [0, 0.05) is 17.9 Å². The van der Waals surface area contributed by atoms with E-state index in [9.17, 15) is 9.18 Å². The minimum atomic E-state index is -0.606. The van der Waals surface area contributed by atoms with Crippen molar-refractivity contribution in [2.45, 2.75) is 57.7 Å². The topological polar surface area (TPSA) is 68.5 Å². The van der Waals surface area contributed by atoms with Gasteiger partial charge in [-0.05, 0) is 50.3 Å². The molecule has 0 bridgehead atoms. The molecule has 1 aliphatic rings. The smallest absolute Gasteiger partial charge is 0.305 e. The highest BCUT2D eigenvalue weighted by Crippen LogP contribution is 2.34. The number of ether oxygens (including phenoxy) is 3. The predicted molar refractivity (Wildman–Crippen MR) is 94.0 cm³/mol. The molecule has 1 aromatic rings. The lowest BCUT2D eigenvalue weighted by atomic mass is 9.88. The molecule has 1 atom stereocenters. The monoisotopic (exact) mass is 363 g/mol.